The second kappa shape index (κ2) is 8.30. The number of hydrogen-bond acceptors (Lipinski definition) is 5. The van der Waals surface area contributed by atoms with Crippen LogP contribution in [-0.2, 0) is 0 Å². The Hall–Kier alpha value is -2.74. The second-order valence-electron chi connectivity index (χ2n) is 6.17. The summed E-state index contributed by atoms with van der Waals surface area (Å²) in [4.78, 5) is 12.0. The minimum absolute atomic E-state index is 0.106. The summed E-state index contributed by atoms with van der Waals surface area (Å²) in [6.45, 7) is 7.06. The topological polar surface area (TPSA) is 84.7 Å². The van der Waals surface area contributed by atoms with E-state index in [9.17, 15) is 4.79 Å². The molecule has 7 nitrogen and oxygen atoms in total. The normalized spacial score (nSPS) is 10.7. The fourth-order valence-corrected chi connectivity index (χ4v) is 2.81. The first-order chi connectivity index (χ1) is 13.0. The highest BCUT2D eigenvalue weighted by molar-refractivity contribution is 9.10. The van der Waals surface area contributed by atoms with Crippen LogP contribution in [0.25, 0.3) is 5.82 Å². The van der Waals surface area contributed by atoms with Crippen LogP contribution < -0.4 is 10.6 Å². The van der Waals surface area contributed by atoms with Crippen molar-refractivity contribution in [3.63, 3.8) is 0 Å². The van der Waals surface area contributed by atoms with Gasteiger partial charge in [-0.25, -0.2) is 4.68 Å². The van der Waals surface area contributed by atoms with E-state index in [2.05, 4.69) is 41.9 Å². The van der Waals surface area contributed by atoms with Crippen LogP contribution in [-0.4, -0.2) is 39.0 Å². The molecule has 0 aliphatic carbocycles. The minimum Gasteiger partial charge on any atom is -0.367 e. The van der Waals surface area contributed by atoms with E-state index in [1.165, 1.54) is 0 Å². The van der Waals surface area contributed by atoms with Crippen molar-refractivity contribution in [3.8, 4) is 5.82 Å². The van der Waals surface area contributed by atoms with Crippen molar-refractivity contribution in [1.29, 1.82) is 0 Å². The predicted octanol–water partition coefficient (Wildman–Crippen LogP) is 3.19. The van der Waals surface area contributed by atoms with E-state index in [1.807, 2.05) is 45.0 Å². The van der Waals surface area contributed by atoms with Gasteiger partial charge in [0.2, 0.25) is 0 Å². The Labute approximate surface area is 166 Å². The molecular formula is C19H21BrN6O. The van der Waals surface area contributed by atoms with E-state index in [1.54, 1.807) is 16.8 Å². The number of aryl methyl sites for hydroxylation is 1. The smallest absolute Gasteiger partial charge is 0.251 e. The number of hydrogen-bond donors (Lipinski definition) is 2. The molecule has 2 aromatic heterocycles. The summed E-state index contributed by atoms with van der Waals surface area (Å²) in [7, 11) is 0. The molecule has 27 heavy (non-hydrogen) atoms. The van der Waals surface area contributed by atoms with Gasteiger partial charge in [0.25, 0.3) is 5.91 Å². The van der Waals surface area contributed by atoms with E-state index in [-0.39, 0.29) is 5.91 Å². The van der Waals surface area contributed by atoms with Gasteiger partial charge in [0.1, 0.15) is 5.82 Å². The molecule has 0 saturated carbocycles. The predicted molar refractivity (Wildman–Crippen MR) is 108 cm³/mol. The first kappa shape index (κ1) is 19.0. The average molecular weight is 429 g/mol. The van der Waals surface area contributed by atoms with Gasteiger partial charge in [-0.2, -0.15) is 5.10 Å². The second-order valence-corrected chi connectivity index (χ2v) is 7.09. The van der Waals surface area contributed by atoms with Gasteiger partial charge in [-0.1, -0.05) is 15.9 Å². The Morgan fingerprint density at radius 3 is 2.37 bits per heavy atom. The molecular weight excluding hydrogens is 408 g/mol. The maximum atomic E-state index is 12.0. The van der Waals surface area contributed by atoms with Gasteiger partial charge >= 0.3 is 0 Å². The zero-order valence-corrected chi connectivity index (χ0v) is 17.0. The molecule has 0 atom stereocenters. The highest BCUT2D eigenvalue weighted by atomic mass is 79.9. The molecule has 2 N–H and O–H groups in total. The molecule has 0 bridgehead atoms. The molecule has 2 heterocycles. The Bertz CT molecular complexity index is 934. The van der Waals surface area contributed by atoms with E-state index in [0.29, 0.717) is 30.3 Å². The lowest BCUT2D eigenvalue weighted by Crippen LogP contribution is -2.28. The maximum Gasteiger partial charge on any atom is 0.251 e. The number of carbonyl (C=O) groups excluding carboxylic acids is 1. The van der Waals surface area contributed by atoms with Gasteiger partial charge in [0, 0.05) is 28.8 Å². The van der Waals surface area contributed by atoms with Crippen LogP contribution in [0.4, 0.5) is 5.82 Å². The Kier molecular flexibility index (Phi) is 5.85. The Balaban J connectivity index is 1.51. The van der Waals surface area contributed by atoms with E-state index < -0.39 is 0 Å². The SMILES string of the molecule is Cc1nn(-c2ccc(NCCNC(=O)c3ccc(Br)cc3)nn2)c(C)c1C. The molecule has 0 radical (unpaired) electrons. The molecule has 0 unspecified atom stereocenters. The van der Waals surface area contributed by atoms with Crippen LogP contribution in [0.1, 0.15) is 27.3 Å². The molecule has 3 rings (SSSR count). The number of nitrogens with one attached hydrogen (secondary N) is 2. The molecule has 0 spiro atoms. The summed E-state index contributed by atoms with van der Waals surface area (Å²) >= 11 is 3.35. The quantitative estimate of drug-likeness (QED) is 0.588. The van der Waals surface area contributed by atoms with E-state index in [0.717, 1.165) is 21.4 Å². The van der Waals surface area contributed by atoms with Crippen LogP contribution in [0.15, 0.2) is 40.9 Å². The zero-order chi connectivity index (χ0) is 19.4. The summed E-state index contributed by atoms with van der Waals surface area (Å²) in [5.74, 6) is 1.22. The number of aromatic nitrogens is 4. The number of anilines is 1. The summed E-state index contributed by atoms with van der Waals surface area (Å²) in [5, 5.41) is 18.9. The molecule has 0 aliphatic heterocycles. The van der Waals surface area contributed by atoms with Crippen LogP contribution in [0, 0.1) is 20.8 Å². The number of amides is 1. The van der Waals surface area contributed by atoms with Gasteiger partial charge < -0.3 is 10.6 Å². The third-order valence-electron chi connectivity index (χ3n) is 4.34. The van der Waals surface area contributed by atoms with Crippen LogP contribution >= 0.6 is 15.9 Å². The molecule has 0 fully saturated rings. The fraction of sp³-hybridized carbons (Fsp3) is 0.263. The van der Waals surface area contributed by atoms with Crippen molar-refractivity contribution >= 4 is 27.7 Å². The molecule has 0 saturated heterocycles. The molecule has 1 amide bonds. The Morgan fingerprint density at radius 1 is 1.04 bits per heavy atom. The number of benzene rings is 1. The minimum atomic E-state index is -0.106. The van der Waals surface area contributed by atoms with Crippen molar-refractivity contribution in [2.45, 2.75) is 20.8 Å². The summed E-state index contributed by atoms with van der Waals surface area (Å²) in [5.41, 5.74) is 3.82. The van der Waals surface area contributed by atoms with Crippen LogP contribution in [0.3, 0.4) is 0 Å². The maximum absolute atomic E-state index is 12.0. The average Bonchev–Trinajstić information content (AvgIpc) is 2.93. The summed E-state index contributed by atoms with van der Waals surface area (Å²) in [6.07, 6.45) is 0. The lowest BCUT2D eigenvalue weighted by Gasteiger charge is -2.08. The Morgan fingerprint density at radius 2 is 1.78 bits per heavy atom. The lowest BCUT2D eigenvalue weighted by molar-refractivity contribution is 0.0955. The highest BCUT2D eigenvalue weighted by Crippen LogP contribution is 2.15. The van der Waals surface area contributed by atoms with Gasteiger partial charge in [0.15, 0.2) is 5.82 Å². The van der Waals surface area contributed by atoms with Crippen molar-refractivity contribution in [3.05, 3.63) is 63.4 Å². The van der Waals surface area contributed by atoms with Crippen molar-refractivity contribution < 1.29 is 4.79 Å². The standard InChI is InChI=1S/C19H21BrN6O/c1-12-13(2)25-26(14(12)3)18-9-8-17(23-24-18)21-10-11-22-19(27)15-4-6-16(20)7-5-15/h4-9H,10-11H2,1-3H3,(H,21,23)(H,22,27). The summed E-state index contributed by atoms with van der Waals surface area (Å²) < 4.78 is 2.73. The number of rotatable bonds is 6. The largest absolute Gasteiger partial charge is 0.367 e. The molecule has 8 heteroatoms. The van der Waals surface area contributed by atoms with Crippen molar-refractivity contribution in [1.82, 2.24) is 25.3 Å². The van der Waals surface area contributed by atoms with Gasteiger partial charge in [0.05, 0.1) is 5.69 Å². The number of halogens is 1. The lowest BCUT2D eigenvalue weighted by atomic mass is 10.2. The highest BCUT2D eigenvalue weighted by Gasteiger charge is 2.10. The summed E-state index contributed by atoms with van der Waals surface area (Å²) in [6, 6.07) is 11.0. The first-order valence-electron chi connectivity index (χ1n) is 8.60. The molecule has 1 aromatic carbocycles. The van der Waals surface area contributed by atoms with Crippen molar-refractivity contribution in [2.75, 3.05) is 18.4 Å². The molecule has 3 aromatic rings. The molecule has 140 valence electrons. The monoisotopic (exact) mass is 428 g/mol. The van der Waals surface area contributed by atoms with Gasteiger partial charge in [-0.3, -0.25) is 4.79 Å². The van der Waals surface area contributed by atoms with Gasteiger partial charge in [-0.05, 0) is 62.7 Å². The third-order valence-corrected chi connectivity index (χ3v) is 4.87. The number of nitrogens with zero attached hydrogens (tertiary/aromatic N) is 4. The van der Waals surface area contributed by atoms with E-state index in [4.69, 9.17) is 0 Å². The van der Waals surface area contributed by atoms with Gasteiger partial charge in [-0.15, -0.1) is 10.2 Å². The zero-order valence-electron chi connectivity index (χ0n) is 15.5. The first-order valence-corrected chi connectivity index (χ1v) is 9.39. The number of carbonyl (C=O) groups is 1. The fourth-order valence-electron chi connectivity index (χ4n) is 2.55. The van der Waals surface area contributed by atoms with E-state index >= 15 is 0 Å². The van der Waals surface area contributed by atoms with Crippen molar-refractivity contribution in [2.24, 2.45) is 0 Å². The molecule has 0 aliphatic rings. The van der Waals surface area contributed by atoms with Crippen LogP contribution in [0.2, 0.25) is 0 Å². The third kappa shape index (κ3) is 4.51. The van der Waals surface area contributed by atoms with Crippen LogP contribution in [0.5, 0.6) is 0 Å².